The number of fused-ring (bicyclic) bond motifs is 1. The van der Waals surface area contributed by atoms with Crippen molar-refractivity contribution in [1.82, 2.24) is 14.8 Å². The van der Waals surface area contributed by atoms with Crippen LogP contribution in [0.15, 0.2) is 30.3 Å². The van der Waals surface area contributed by atoms with E-state index in [1.54, 1.807) is 0 Å². The van der Waals surface area contributed by atoms with Crippen LogP contribution >= 0.6 is 0 Å². The van der Waals surface area contributed by atoms with Gasteiger partial charge in [0.1, 0.15) is 5.82 Å². The van der Waals surface area contributed by atoms with Gasteiger partial charge in [0.05, 0.1) is 0 Å². The predicted octanol–water partition coefficient (Wildman–Crippen LogP) is 2.41. The number of carbonyl (C=O) groups is 1. The Hall–Kier alpha value is -1.97. The average molecular weight is 253 g/mol. The van der Waals surface area contributed by atoms with Crippen LogP contribution in [-0.4, -0.2) is 20.5 Å². The molecule has 0 saturated heterocycles. The van der Waals surface area contributed by atoms with Crippen molar-refractivity contribution in [3.8, 4) is 0 Å². The molecule has 1 aromatic heterocycles. The minimum absolute atomic E-state index is 0.133. The highest BCUT2D eigenvalue weighted by Gasteiger charge is 2.35. The van der Waals surface area contributed by atoms with E-state index in [2.05, 4.69) is 22.2 Å². The second-order valence-electron chi connectivity index (χ2n) is 5.41. The molecule has 19 heavy (non-hydrogen) atoms. The molecule has 4 rings (SSSR count). The largest absolute Gasteiger partial charge is 0.290 e. The smallest absolute Gasteiger partial charge is 0.217 e. The molecule has 0 amide bonds. The van der Waals surface area contributed by atoms with Crippen LogP contribution in [0.1, 0.15) is 47.2 Å². The summed E-state index contributed by atoms with van der Waals surface area (Å²) in [4.78, 5) is 16.5. The van der Waals surface area contributed by atoms with Gasteiger partial charge in [-0.3, -0.25) is 4.79 Å². The van der Waals surface area contributed by atoms with E-state index in [0.29, 0.717) is 5.82 Å². The van der Waals surface area contributed by atoms with Gasteiger partial charge >= 0.3 is 0 Å². The first kappa shape index (κ1) is 10.9. The molecule has 2 heterocycles. The number of ketones is 1. The third-order valence-corrected chi connectivity index (χ3v) is 4.01. The van der Waals surface area contributed by atoms with Crippen LogP contribution in [0.3, 0.4) is 0 Å². The van der Waals surface area contributed by atoms with Crippen molar-refractivity contribution in [2.24, 2.45) is 5.92 Å². The van der Waals surface area contributed by atoms with E-state index < -0.39 is 0 Å². The summed E-state index contributed by atoms with van der Waals surface area (Å²) in [6.07, 6.45) is 3.03. The molecular weight excluding hydrogens is 238 g/mol. The predicted molar refractivity (Wildman–Crippen MR) is 70.0 cm³/mol. The highest BCUT2D eigenvalue weighted by molar-refractivity contribution is 5.95. The minimum Gasteiger partial charge on any atom is -0.290 e. The molecule has 4 heteroatoms. The minimum atomic E-state index is 0.133. The normalized spacial score (nSPS) is 21.4. The van der Waals surface area contributed by atoms with Crippen molar-refractivity contribution in [1.29, 1.82) is 0 Å². The van der Waals surface area contributed by atoms with Crippen molar-refractivity contribution in [2.75, 3.05) is 0 Å². The molecule has 0 unspecified atom stereocenters. The Bertz CT molecular complexity index is 628. The molecule has 0 bridgehead atoms. The first-order valence-corrected chi connectivity index (χ1v) is 6.87. The molecule has 1 fully saturated rings. The number of Topliss-reactive ketones (excluding diaryl/α,β-unsaturated/α-hetero) is 1. The van der Waals surface area contributed by atoms with Crippen LogP contribution in [0.5, 0.6) is 0 Å². The quantitative estimate of drug-likeness (QED) is 0.789. The van der Waals surface area contributed by atoms with Gasteiger partial charge in [-0.25, -0.2) is 9.67 Å². The number of hydrogen-bond donors (Lipinski definition) is 0. The molecule has 4 nitrogen and oxygen atoms in total. The number of benzene rings is 1. The summed E-state index contributed by atoms with van der Waals surface area (Å²) in [6.45, 7) is 0.861. The molecule has 1 aliphatic carbocycles. The Balaban J connectivity index is 1.68. The Morgan fingerprint density at radius 3 is 2.68 bits per heavy atom. The van der Waals surface area contributed by atoms with Gasteiger partial charge in [-0.15, -0.1) is 5.10 Å². The molecule has 1 aliphatic heterocycles. The van der Waals surface area contributed by atoms with Gasteiger partial charge in [-0.1, -0.05) is 30.3 Å². The Morgan fingerprint density at radius 2 is 1.95 bits per heavy atom. The van der Waals surface area contributed by atoms with Crippen LogP contribution in [-0.2, 0) is 6.54 Å². The van der Waals surface area contributed by atoms with Crippen LogP contribution < -0.4 is 0 Å². The maximum Gasteiger partial charge on any atom is 0.217 e. The van der Waals surface area contributed by atoms with Crippen LogP contribution in [0.4, 0.5) is 0 Å². The van der Waals surface area contributed by atoms with E-state index in [1.807, 2.05) is 22.9 Å². The monoisotopic (exact) mass is 253 g/mol. The Labute approximate surface area is 111 Å². The maximum absolute atomic E-state index is 12.0. The van der Waals surface area contributed by atoms with Crippen molar-refractivity contribution >= 4 is 5.78 Å². The lowest BCUT2D eigenvalue weighted by Crippen LogP contribution is -2.06. The first-order chi connectivity index (χ1) is 9.33. The van der Waals surface area contributed by atoms with E-state index in [4.69, 9.17) is 0 Å². The summed E-state index contributed by atoms with van der Waals surface area (Å²) >= 11 is 0. The molecule has 0 radical (unpaired) electrons. The molecule has 1 atom stereocenters. The molecule has 0 spiro atoms. The van der Waals surface area contributed by atoms with Gasteiger partial charge in [0.15, 0.2) is 0 Å². The second kappa shape index (κ2) is 4.02. The lowest BCUT2D eigenvalue weighted by Gasteiger charge is -2.07. The van der Waals surface area contributed by atoms with Gasteiger partial charge in [-0.2, -0.15) is 0 Å². The lowest BCUT2D eigenvalue weighted by molar-refractivity contribution is 0.0957. The molecular formula is C15H15N3O. The Morgan fingerprint density at radius 1 is 1.16 bits per heavy atom. The standard InChI is InChI=1S/C15H15N3O/c19-13(11-6-7-11)14-16-15-12(8-9-18(15)17-14)10-4-2-1-3-5-10/h1-5,11-12H,6-9H2/t12-/m0/s1. The van der Waals surface area contributed by atoms with Crippen molar-refractivity contribution in [3.63, 3.8) is 0 Å². The number of hydrogen-bond acceptors (Lipinski definition) is 3. The topological polar surface area (TPSA) is 47.8 Å². The molecule has 2 aliphatic rings. The Kier molecular flexibility index (Phi) is 2.31. The highest BCUT2D eigenvalue weighted by atomic mass is 16.1. The molecule has 1 saturated carbocycles. The number of nitrogens with zero attached hydrogens (tertiary/aromatic N) is 3. The van der Waals surface area contributed by atoms with Crippen LogP contribution in [0.25, 0.3) is 0 Å². The third kappa shape index (κ3) is 1.79. The fourth-order valence-electron chi connectivity index (χ4n) is 2.79. The summed E-state index contributed by atoms with van der Waals surface area (Å²) in [5.74, 6) is 2.00. The summed E-state index contributed by atoms with van der Waals surface area (Å²) in [5.41, 5.74) is 1.26. The summed E-state index contributed by atoms with van der Waals surface area (Å²) in [7, 11) is 0. The van der Waals surface area contributed by atoms with Crippen molar-refractivity contribution in [2.45, 2.75) is 31.7 Å². The maximum atomic E-state index is 12.0. The van der Waals surface area contributed by atoms with Crippen molar-refractivity contribution < 1.29 is 4.79 Å². The fraction of sp³-hybridized carbons (Fsp3) is 0.400. The summed E-state index contributed by atoms with van der Waals surface area (Å²) in [5, 5.41) is 4.38. The number of rotatable bonds is 3. The van der Waals surface area contributed by atoms with E-state index in [9.17, 15) is 4.79 Å². The lowest BCUT2D eigenvalue weighted by atomic mass is 9.97. The first-order valence-electron chi connectivity index (χ1n) is 6.87. The number of carbonyl (C=O) groups excluding carboxylic acids is 1. The van der Waals surface area contributed by atoms with Gasteiger partial charge in [0.25, 0.3) is 0 Å². The van der Waals surface area contributed by atoms with Gasteiger partial charge < -0.3 is 0 Å². The summed E-state index contributed by atoms with van der Waals surface area (Å²) < 4.78 is 1.91. The third-order valence-electron chi connectivity index (χ3n) is 4.01. The van der Waals surface area contributed by atoms with E-state index in [-0.39, 0.29) is 17.6 Å². The molecule has 1 aromatic carbocycles. The molecule has 0 N–H and O–H groups in total. The van der Waals surface area contributed by atoms with E-state index in [0.717, 1.165) is 31.6 Å². The zero-order valence-corrected chi connectivity index (χ0v) is 10.6. The van der Waals surface area contributed by atoms with E-state index in [1.165, 1.54) is 5.56 Å². The van der Waals surface area contributed by atoms with E-state index >= 15 is 0 Å². The number of aryl methyl sites for hydroxylation is 1. The summed E-state index contributed by atoms with van der Waals surface area (Å²) in [6, 6.07) is 10.4. The second-order valence-corrected chi connectivity index (χ2v) is 5.41. The SMILES string of the molecule is O=C(c1nc2n(n1)CC[C@H]2c1ccccc1)C1CC1. The number of aromatic nitrogens is 3. The van der Waals surface area contributed by atoms with Crippen LogP contribution in [0.2, 0.25) is 0 Å². The molecule has 96 valence electrons. The average Bonchev–Trinajstić information content (AvgIpc) is 3.09. The molecule has 2 aromatic rings. The van der Waals surface area contributed by atoms with Crippen molar-refractivity contribution in [3.05, 3.63) is 47.5 Å². The zero-order chi connectivity index (χ0) is 12.8. The fourth-order valence-corrected chi connectivity index (χ4v) is 2.79. The van der Waals surface area contributed by atoms with Gasteiger partial charge in [-0.05, 0) is 24.8 Å². The zero-order valence-electron chi connectivity index (χ0n) is 10.6. The van der Waals surface area contributed by atoms with Crippen LogP contribution in [0, 0.1) is 5.92 Å². The highest BCUT2D eigenvalue weighted by Crippen LogP contribution is 2.35. The van der Waals surface area contributed by atoms with Gasteiger partial charge in [0, 0.05) is 18.4 Å². The van der Waals surface area contributed by atoms with Gasteiger partial charge in [0.2, 0.25) is 11.6 Å².